The first-order valence-electron chi connectivity index (χ1n) is 7.67. The molecule has 3 rings (SSSR count). The number of aromatic nitrogens is 3. The molecule has 23 heavy (non-hydrogen) atoms. The lowest BCUT2D eigenvalue weighted by atomic mass is 10.1. The summed E-state index contributed by atoms with van der Waals surface area (Å²) in [6.07, 6.45) is 6.16. The van der Waals surface area contributed by atoms with E-state index in [-0.39, 0.29) is 5.82 Å². The molecule has 0 bridgehead atoms. The monoisotopic (exact) mass is 314 g/mol. The minimum Gasteiger partial charge on any atom is -0.355 e. The first kappa shape index (κ1) is 15.5. The van der Waals surface area contributed by atoms with Gasteiger partial charge < -0.3 is 5.32 Å². The molecule has 1 fully saturated rings. The highest BCUT2D eigenvalue weighted by atomic mass is 19.1. The van der Waals surface area contributed by atoms with E-state index in [1.165, 1.54) is 13.8 Å². The Labute approximate surface area is 134 Å². The first-order valence-corrected chi connectivity index (χ1v) is 7.67. The third-order valence-electron chi connectivity index (χ3n) is 3.77. The number of rotatable bonds is 6. The summed E-state index contributed by atoms with van der Waals surface area (Å²) in [4.78, 5) is 23.4. The minimum absolute atomic E-state index is 0.155. The SMILES string of the molecule is CC(C)(F)c1ncc(-c2cc(CNC=O)cc(C3CC3)n2)cn1. The van der Waals surface area contributed by atoms with E-state index in [0.717, 1.165) is 35.4 Å². The van der Waals surface area contributed by atoms with Gasteiger partial charge in [0, 0.05) is 36.1 Å². The summed E-state index contributed by atoms with van der Waals surface area (Å²) in [6, 6.07) is 3.93. The van der Waals surface area contributed by atoms with Crippen LogP contribution in [-0.4, -0.2) is 21.4 Å². The van der Waals surface area contributed by atoms with Crippen molar-refractivity contribution in [2.45, 2.75) is 44.8 Å². The third-order valence-corrected chi connectivity index (χ3v) is 3.77. The Morgan fingerprint density at radius 3 is 2.57 bits per heavy atom. The summed E-state index contributed by atoms with van der Waals surface area (Å²) in [5.74, 6) is 0.650. The van der Waals surface area contributed by atoms with E-state index < -0.39 is 5.67 Å². The molecule has 1 amide bonds. The smallest absolute Gasteiger partial charge is 0.207 e. The highest BCUT2D eigenvalue weighted by Crippen LogP contribution is 2.40. The Kier molecular flexibility index (Phi) is 4.07. The molecule has 1 aliphatic rings. The van der Waals surface area contributed by atoms with Crippen LogP contribution in [0.1, 0.15) is 49.7 Å². The van der Waals surface area contributed by atoms with Crippen molar-refractivity contribution >= 4 is 6.41 Å². The molecule has 0 saturated heterocycles. The van der Waals surface area contributed by atoms with Gasteiger partial charge in [0.2, 0.25) is 6.41 Å². The Morgan fingerprint density at radius 2 is 2.00 bits per heavy atom. The number of halogens is 1. The standard InChI is InChI=1S/C17H19FN4O/c1-17(2,18)16-20-8-13(9-21-16)15-6-11(7-19-10-23)5-14(22-15)12-3-4-12/h5-6,8-10,12H,3-4,7H2,1-2H3,(H,19,23). The van der Waals surface area contributed by atoms with Gasteiger partial charge >= 0.3 is 0 Å². The number of amides is 1. The number of alkyl halides is 1. The maximum atomic E-state index is 13.9. The largest absolute Gasteiger partial charge is 0.355 e. The molecule has 120 valence electrons. The number of hydrogen-bond acceptors (Lipinski definition) is 4. The number of carbonyl (C=O) groups excluding carboxylic acids is 1. The third kappa shape index (κ3) is 3.70. The van der Waals surface area contributed by atoms with Crippen LogP contribution in [0.4, 0.5) is 4.39 Å². The Balaban J connectivity index is 1.94. The molecule has 2 heterocycles. The summed E-state index contributed by atoms with van der Waals surface area (Å²) >= 11 is 0. The number of nitrogens with one attached hydrogen (secondary N) is 1. The number of hydrogen-bond donors (Lipinski definition) is 1. The molecule has 5 nitrogen and oxygen atoms in total. The average Bonchev–Trinajstić information content (AvgIpc) is 3.37. The summed E-state index contributed by atoms with van der Waals surface area (Å²) in [5, 5.41) is 2.67. The van der Waals surface area contributed by atoms with E-state index in [1.54, 1.807) is 12.4 Å². The molecule has 0 spiro atoms. The fraction of sp³-hybridized carbons (Fsp3) is 0.412. The van der Waals surface area contributed by atoms with Crippen molar-refractivity contribution in [3.05, 3.63) is 41.6 Å². The quantitative estimate of drug-likeness (QED) is 0.833. The van der Waals surface area contributed by atoms with Crippen LogP contribution in [0.3, 0.4) is 0 Å². The van der Waals surface area contributed by atoms with Gasteiger partial charge in [0.15, 0.2) is 11.5 Å². The van der Waals surface area contributed by atoms with Gasteiger partial charge in [-0.25, -0.2) is 14.4 Å². The molecule has 0 atom stereocenters. The molecule has 6 heteroatoms. The lowest BCUT2D eigenvalue weighted by molar-refractivity contribution is -0.109. The minimum atomic E-state index is -1.57. The summed E-state index contributed by atoms with van der Waals surface area (Å²) in [7, 11) is 0. The molecule has 1 N–H and O–H groups in total. The fourth-order valence-electron chi connectivity index (χ4n) is 2.38. The van der Waals surface area contributed by atoms with Crippen molar-refractivity contribution in [1.82, 2.24) is 20.3 Å². The zero-order valence-electron chi connectivity index (χ0n) is 13.2. The van der Waals surface area contributed by atoms with Gasteiger partial charge in [0.25, 0.3) is 0 Å². The van der Waals surface area contributed by atoms with Crippen molar-refractivity contribution in [3.63, 3.8) is 0 Å². The van der Waals surface area contributed by atoms with Crippen LogP contribution in [0.25, 0.3) is 11.3 Å². The van der Waals surface area contributed by atoms with Gasteiger partial charge in [0.1, 0.15) is 0 Å². The lowest BCUT2D eigenvalue weighted by Gasteiger charge is -2.13. The van der Waals surface area contributed by atoms with Crippen molar-refractivity contribution in [1.29, 1.82) is 0 Å². The van der Waals surface area contributed by atoms with Crippen LogP contribution in [0.2, 0.25) is 0 Å². The lowest BCUT2D eigenvalue weighted by Crippen LogP contribution is -2.14. The second-order valence-corrected chi connectivity index (χ2v) is 6.33. The highest BCUT2D eigenvalue weighted by molar-refractivity contribution is 5.58. The summed E-state index contributed by atoms with van der Waals surface area (Å²) in [6.45, 7) is 3.31. The van der Waals surface area contributed by atoms with Gasteiger partial charge in [-0.3, -0.25) is 9.78 Å². The predicted octanol–water partition coefficient (Wildman–Crippen LogP) is 2.87. The van der Waals surface area contributed by atoms with Crippen molar-refractivity contribution in [2.24, 2.45) is 0 Å². The van der Waals surface area contributed by atoms with Crippen LogP contribution in [-0.2, 0) is 17.0 Å². The first-order chi connectivity index (χ1) is 11.0. The zero-order chi connectivity index (χ0) is 16.4. The average molecular weight is 314 g/mol. The van der Waals surface area contributed by atoms with E-state index in [0.29, 0.717) is 18.9 Å². The van der Waals surface area contributed by atoms with Gasteiger partial charge in [0.05, 0.1) is 5.69 Å². The topological polar surface area (TPSA) is 67.8 Å². The molecule has 0 unspecified atom stereocenters. The van der Waals surface area contributed by atoms with Gasteiger partial charge in [-0.15, -0.1) is 0 Å². The van der Waals surface area contributed by atoms with Gasteiger partial charge in [-0.05, 0) is 44.4 Å². The van der Waals surface area contributed by atoms with Crippen molar-refractivity contribution < 1.29 is 9.18 Å². The fourth-order valence-corrected chi connectivity index (χ4v) is 2.38. The number of nitrogens with zero attached hydrogens (tertiary/aromatic N) is 3. The second kappa shape index (κ2) is 6.02. The van der Waals surface area contributed by atoms with Crippen LogP contribution < -0.4 is 5.32 Å². The normalized spacial score (nSPS) is 14.6. The maximum absolute atomic E-state index is 13.9. The van der Waals surface area contributed by atoms with E-state index in [4.69, 9.17) is 0 Å². The highest BCUT2D eigenvalue weighted by Gasteiger charge is 2.26. The molecule has 1 saturated carbocycles. The van der Waals surface area contributed by atoms with Crippen molar-refractivity contribution in [2.75, 3.05) is 0 Å². The molecular weight excluding hydrogens is 295 g/mol. The Bertz CT molecular complexity index is 706. The molecule has 2 aromatic rings. The Hall–Kier alpha value is -2.37. The number of pyridine rings is 1. The van der Waals surface area contributed by atoms with E-state index in [9.17, 15) is 9.18 Å². The van der Waals surface area contributed by atoms with Gasteiger partial charge in [-0.2, -0.15) is 0 Å². The van der Waals surface area contributed by atoms with E-state index >= 15 is 0 Å². The Morgan fingerprint density at radius 1 is 1.30 bits per heavy atom. The molecule has 0 aromatic carbocycles. The van der Waals surface area contributed by atoms with Crippen molar-refractivity contribution in [3.8, 4) is 11.3 Å². The number of carbonyl (C=O) groups is 1. The van der Waals surface area contributed by atoms with Crippen LogP contribution in [0.15, 0.2) is 24.5 Å². The second-order valence-electron chi connectivity index (χ2n) is 6.33. The molecule has 0 aliphatic heterocycles. The maximum Gasteiger partial charge on any atom is 0.207 e. The summed E-state index contributed by atoms with van der Waals surface area (Å²) < 4.78 is 13.9. The van der Waals surface area contributed by atoms with Gasteiger partial charge in [-0.1, -0.05) is 0 Å². The zero-order valence-corrected chi connectivity index (χ0v) is 13.2. The predicted molar refractivity (Wildman–Crippen MR) is 84.3 cm³/mol. The van der Waals surface area contributed by atoms with Crippen LogP contribution in [0.5, 0.6) is 0 Å². The molecule has 2 aromatic heterocycles. The summed E-state index contributed by atoms with van der Waals surface area (Å²) in [5.41, 5.74) is 1.94. The van der Waals surface area contributed by atoms with E-state index in [1.807, 2.05) is 12.1 Å². The molecular formula is C17H19FN4O. The molecule has 0 radical (unpaired) electrons. The van der Waals surface area contributed by atoms with Crippen LogP contribution >= 0.6 is 0 Å². The molecule has 1 aliphatic carbocycles. The van der Waals surface area contributed by atoms with E-state index in [2.05, 4.69) is 20.3 Å². The van der Waals surface area contributed by atoms with Crippen LogP contribution in [0, 0.1) is 0 Å².